The maximum Gasteiger partial charge on any atom is 0.323 e. The first-order chi connectivity index (χ1) is 16.0. The number of methoxy groups -OCH3 is 3. The maximum atomic E-state index is 14.3. The number of aromatic nitrogens is 1. The molecule has 0 spiro atoms. The van der Waals surface area contributed by atoms with E-state index in [9.17, 15) is 14.5 Å². The number of rotatable bonds is 7. The zero-order valence-corrected chi connectivity index (χ0v) is 18.0. The average molecular weight is 450 g/mol. The molecule has 0 atom stereocenters. The molecule has 3 aromatic carbocycles. The summed E-state index contributed by atoms with van der Waals surface area (Å²) in [6, 6.07) is 14.7. The van der Waals surface area contributed by atoms with Gasteiger partial charge < -0.3 is 18.6 Å². The van der Waals surface area contributed by atoms with E-state index in [0.717, 1.165) is 0 Å². The fourth-order valence-corrected chi connectivity index (χ4v) is 3.68. The van der Waals surface area contributed by atoms with Crippen LogP contribution in [0.2, 0.25) is 0 Å². The quantitative estimate of drug-likeness (QED) is 0.261. The lowest BCUT2D eigenvalue weighted by Crippen LogP contribution is -2.02. The molecular formula is C24H19FN2O6. The summed E-state index contributed by atoms with van der Waals surface area (Å²) < 4.78 is 35.9. The molecule has 33 heavy (non-hydrogen) atoms. The van der Waals surface area contributed by atoms with E-state index in [-0.39, 0.29) is 45.5 Å². The summed E-state index contributed by atoms with van der Waals surface area (Å²) in [6.45, 7) is 0. The minimum Gasteiger partial charge on any atom is -0.496 e. The van der Waals surface area contributed by atoms with E-state index in [1.165, 1.54) is 39.9 Å². The molecule has 0 amide bonds. The third-order valence-corrected chi connectivity index (χ3v) is 5.12. The number of oxazole rings is 1. The van der Waals surface area contributed by atoms with Crippen LogP contribution in [0, 0.1) is 15.9 Å². The van der Waals surface area contributed by atoms with Gasteiger partial charge in [0.1, 0.15) is 17.0 Å². The van der Waals surface area contributed by atoms with Crippen LogP contribution < -0.4 is 14.2 Å². The summed E-state index contributed by atoms with van der Waals surface area (Å²) in [5.41, 5.74) is 1.47. The zero-order valence-electron chi connectivity index (χ0n) is 18.0. The molecule has 0 aliphatic carbocycles. The van der Waals surface area contributed by atoms with Gasteiger partial charge in [-0.05, 0) is 29.8 Å². The van der Waals surface area contributed by atoms with Crippen molar-refractivity contribution in [3.63, 3.8) is 0 Å². The Morgan fingerprint density at radius 1 is 0.939 bits per heavy atom. The number of ether oxygens (including phenoxy) is 3. The van der Waals surface area contributed by atoms with Crippen LogP contribution in [-0.2, 0) is 0 Å². The Morgan fingerprint density at radius 2 is 1.67 bits per heavy atom. The summed E-state index contributed by atoms with van der Waals surface area (Å²) in [7, 11) is 4.11. The molecule has 0 aliphatic heterocycles. The van der Waals surface area contributed by atoms with Gasteiger partial charge >= 0.3 is 5.69 Å². The molecule has 0 saturated heterocycles. The van der Waals surface area contributed by atoms with Gasteiger partial charge in [0.2, 0.25) is 5.75 Å². The second-order valence-corrected chi connectivity index (χ2v) is 6.89. The molecule has 0 aliphatic rings. The van der Waals surface area contributed by atoms with Gasteiger partial charge in [0.15, 0.2) is 23.7 Å². The van der Waals surface area contributed by atoms with Crippen molar-refractivity contribution in [1.29, 1.82) is 0 Å². The number of hydrogen-bond donors (Lipinski definition) is 0. The van der Waals surface area contributed by atoms with Gasteiger partial charge in [-0.3, -0.25) is 10.1 Å². The van der Waals surface area contributed by atoms with Crippen molar-refractivity contribution >= 4 is 5.69 Å². The van der Waals surface area contributed by atoms with Crippen molar-refractivity contribution in [1.82, 2.24) is 4.98 Å². The molecule has 0 unspecified atom stereocenters. The zero-order chi connectivity index (χ0) is 23.5. The molecule has 0 radical (unpaired) electrons. The van der Waals surface area contributed by atoms with E-state index >= 15 is 0 Å². The molecular weight excluding hydrogens is 431 g/mol. The standard InChI is InChI=1S/C24H19FN2O6/c1-30-18-10-9-15(11-17(18)25)21-23(33-13-26-21)16-12-19(31-2)20(14-7-5-4-6-8-14)22(27(28)29)24(16)32-3/h4-13H,1-3H3. The van der Waals surface area contributed by atoms with E-state index in [0.29, 0.717) is 11.1 Å². The molecule has 9 heteroatoms. The molecule has 1 heterocycles. The van der Waals surface area contributed by atoms with E-state index in [2.05, 4.69) is 4.98 Å². The highest BCUT2D eigenvalue weighted by atomic mass is 19.1. The summed E-state index contributed by atoms with van der Waals surface area (Å²) in [4.78, 5) is 15.9. The monoisotopic (exact) mass is 450 g/mol. The van der Waals surface area contributed by atoms with Gasteiger partial charge in [-0.15, -0.1) is 0 Å². The van der Waals surface area contributed by atoms with E-state index < -0.39 is 10.7 Å². The van der Waals surface area contributed by atoms with Crippen molar-refractivity contribution in [3.8, 4) is 51.0 Å². The van der Waals surface area contributed by atoms with E-state index in [1.807, 2.05) is 6.07 Å². The van der Waals surface area contributed by atoms with Crippen LogP contribution in [0.3, 0.4) is 0 Å². The summed E-state index contributed by atoms with van der Waals surface area (Å²) >= 11 is 0. The SMILES string of the molecule is COc1ccc(-c2ncoc2-c2cc(OC)c(-c3ccccc3)c([N+](=O)[O-])c2OC)cc1F. The topological polar surface area (TPSA) is 96.9 Å². The van der Waals surface area contributed by atoms with Crippen LogP contribution in [-0.4, -0.2) is 31.2 Å². The van der Waals surface area contributed by atoms with Crippen LogP contribution in [0.25, 0.3) is 33.7 Å². The van der Waals surface area contributed by atoms with Crippen molar-refractivity contribution in [3.05, 3.63) is 76.9 Å². The fraction of sp³-hybridized carbons (Fsp3) is 0.125. The Bertz CT molecular complexity index is 1320. The highest BCUT2D eigenvalue weighted by molar-refractivity contribution is 5.92. The maximum absolute atomic E-state index is 14.3. The highest BCUT2D eigenvalue weighted by Crippen LogP contribution is 2.51. The number of nitrogens with zero attached hydrogens (tertiary/aromatic N) is 2. The molecule has 1 aromatic heterocycles. The van der Waals surface area contributed by atoms with E-state index in [1.54, 1.807) is 36.4 Å². The van der Waals surface area contributed by atoms with Gasteiger partial charge in [-0.1, -0.05) is 30.3 Å². The molecule has 0 saturated carbocycles. The smallest absolute Gasteiger partial charge is 0.323 e. The summed E-state index contributed by atoms with van der Waals surface area (Å²) in [5.74, 6) is -0.138. The lowest BCUT2D eigenvalue weighted by molar-refractivity contribution is -0.385. The number of hydrogen-bond acceptors (Lipinski definition) is 7. The van der Waals surface area contributed by atoms with Crippen LogP contribution in [0.4, 0.5) is 10.1 Å². The highest BCUT2D eigenvalue weighted by Gasteiger charge is 2.32. The Balaban J connectivity index is 1.99. The predicted molar refractivity (Wildman–Crippen MR) is 119 cm³/mol. The first-order valence-corrected chi connectivity index (χ1v) is 9.76. The van der Waals surface area contributed by atoms with Crippen molar-refractivity contribution in [2.45, 2.75) is 0 Å². The Labute approximate surface area is 188 Å². The number of nitro groups is 1. The Hall–Kier alpha value is -4.40. The first-order valence-electron chi connectivity index (χ1n) is 9.76. The molecule has 4 aromatic rings. The van der Waals surface area contributed by atoms with Gasteiger partial charge in [-0.25, -0.2) is 9.37 Å². The molecule has 168 valence electrons. The molecule has 4 rings (SSSR count). The minimum atomic E-state index is -0.584. The van der Waals surface area contributed by atoms with E-state index in [4.69, 9.17) is 18.6 Å². The lowest BCUT2D eigenvalue weighted by atomic mass is 9.96. The summed E-state index contributed by atoms with van der Waals surface area (Å²) in [6.07, 6.45) is 1.18. The third-order valence-electron chi connectivity index (χ3n) is 5.12. The lowest BCUT2D eigenvalue weighted by Gasteiger charge is -2.15. The number of benzene rings is 3. The molecule has 0 bridgehead atoms. The normalized spacial score (nSPS) is 10.7. The second kappa shape index (κ2) is 8.99. The van der Waals surface area contributed by atoms with Crippen molar-refractivity contribution in [2.24, 2.45) is 0 Å². The largest absolute Gasteiger partial charge is 0.496 e. The van der Waals surface area contributed by atoms with Gasteiger partial charge in [-0.2, -0.15) is 0 Å². The van der Waals surface area contributed by atoms with Gasteiger partial charge in [0, 0.05) is 5.56 Å². The molecule has 8 nitrogen and oxygen atoms in total. The van der Waals surface area contributed by atoms with Crippen LogP contribution in [0.5, 0.6) is 17.2 Å². The van der Waals surface area contributed by atoms with Crippen LogP contribution in [0.1, 0.15) is 0 Å². The fourth-order valence-electron chi connectivity index (χ4n) is 3.68. The second-order valence-electron chi connectivity index (χ2n) is 6.89. The third kappa shape index (κ3) is 3.84. The Kier molecular flexibility index (Phi) is 5.95. The average Bonchev–Trinajstić information content (AvgIpc) is 3.32. The Morgan fingerprint density at radius 3 is 2.27 bits per heavy atom. The predicted octanol–water partition coefficient (Wildman–Crippen LogP) is 5.75. The van der Waals surface area contributed by atoms with Gasteiger partial charge in [0.05, 0.1) is 31.8 Å². The molecule has 0 N–H and O–H groups in total. The van der Waals surface area contributed by atoms with Crippen LogP contribution >= 0.6 is 0 Å². The molecule has 0 fully saturated rings. The number of halogens is 1. The first kappa shape index (κ1) is 21.8. The van der Waals surface area contributed by atoms with Crippen molar-refractivity contribution in [2.75, 3.05) is 21.3 Å². The number of nitro benzene ring substituents is 1. The van der Waals surface area contributed by atoms with Crippen LogP contribution in [0.15, 0.2) is 65.4 Å². The minimum absolute atomic E-state index is 0.0355. The summed E-state index contributed by atoms with van der Waals surface area (Å²) in [5, 5.41) is 12.2. The van der Waals surface area contributed by atoms with Crippen molar-refractivity contribution < 1.29 is 27.9 Å². The van der Waals surface area contributed by atoms with Gasteiger partial charge in [0.25, 0.3) is 0 Å².